The molecule has 0 radical (unpaired) electrons. The van der Waals surface area contributed by atoms with E-state index >= 15 is 0 Å². The van der Waals surface area contributed by atoms with Gasteiger partial charge in [-0.3, -0.25) is 4.72 Å². The third-order valence-corrected chi connectivity index (χ3v) is 4.25. The van der Waals surface area contributed by atoms with Crippen LogP contribution in [0.1, 0.15) is 20.8 Å². The molecule has 7 heteroatoms. The standard InChI is InChI=1S/C12H18F2N2O2S/c1-8(2)15-7-9(3)19(17,18)16-12-6-10(13)4-5-11(12)14/h4-6,8-9,15-16H,7H2,1-3H3. The number of halogens is 2. The van der Waals surface area contributed by atoms with Gasteiger partial charge in [-0.05, 0) is 19.1 Å². The molecule has 1 aromatic rings. The first-order chi connectivity index (χ1) is 8.72. The van der Waals surface area contributed by atoms with E-state index in [4.69, 9.17) is 0 Å². The number of nitrogens with one attached hydrogen (secondary N) is 2. The van der Waals surface area contributed by atoms with Crippen molar-refractivity contribution < 1.29 is 17.2 Å². The average molecular weight is 292 g/mol. The lowest BCUT2D eigenvalue weighted by atomic mass is 10.3. The van der Waals surface area contributed by atoms with Crippen LogP contribution < -0.4 is 10.0 Å². The molecule has 0 bridgehead atoms. The fourth-order valence-corrected chi connectivity index (χ4v) is 2.32. The van der Waals surface area contributed by atoms with Gasteiger partial charge in [-0.2, -0.15) is 0 Å². The number of sulfonamides is 1. The van der Waals surface area contributed by atoms with Crippen LogP contribution in [0.15, 0.2) is 18.2 Å². The van der Waals surface area contributed by atoms with E-state index in [0.717, 1.165) is 18.2 Å². The quantitative estimate of drug-likeness (QED) is 0.844. The van der Waals surface area contributed by atoms with E-state index in [1.165, 1.54) is 6.92 Å². The highest BCUT2D eigenvalue weighted by Gasteiger charge is 2.22. The Kier molecular flexibility index (Phi) is 5.25. The van der Waals surface area contributed by atoms with Crippen LogP contribution in [0.3, 0.4) is 0 Å². The van der Waals surface area contributed by atoms with Gasteiger partial charge in [-0.25, -0.2) is 17.2 Å². The average Bonchev–Trinajstić information content (AvgIpc) is 2.30. The van der Waals surface area contributed by atoms with Gasteiger partial charge >= 0.3 is 0 Å². The van der Waals surface area contributed by atoms with Crippen LogP contribution >= 0.6 is 0 Å². The minimum absolute atomic E-state index is 0.142. The first kappa shape index (κ1) is 15.8. The highest BCUT2D eigenvalue weighted by atomic mass is 32.2. The normalized spacial score (nSPS) is 13.6. The zero-order valence-electron chi connectivity index (χ0n) is 11.1. The summed E-state index contributed by atoms with van der Waals surface area (Å²) in [6, 6.07) is 2.76. The van der Waals surface area contributed by atoms with Gasteiger partial charge in [-0.15, -0.1) is 0 Å². The van der Waals surface area contributed by atoms with Crippen LogP contribution in [0, 0.1) is 11.6 Å². The lowest BCUT2D eigenvalue weighted by Gasteiger charge is -2.17. The van der Waals surface area contributed by atoms with Crippen molar-refractivity contribution in [2.45, 2.75) is 32.1 Å². The van der Waals surface area contributed by atoms with Gasteiger partial charge in [0.1, 0.15) is 11.6 Å². The molecule has 19 heavy (non-hydrogen) atoms. The SMILES string of the molecule is CC(C)NCC(C)S(=O)(=O)Nc1cc(F)ccc1F. The number of hydrogen-bond acceptors (Lipinski definition) is 3. The van der Waals surface area contributed by atoms with Crippen LogP contribution in [-0.4, -0.2) is 26.3 Å². The zero-order valence-corrected chi connectivity index (χ0v) is 11.9. The number of anilines is 1. The lowest BCUT2D eigenvalue weighted by molar-refractivity contribution is 0.553. The summed E-state index contributed by atoms with van der Waals surface area (Å²) in [6.07, 6.45) is 0. The maximum Gasteiger partial charge on any atom is 0.236 e. The molecule has 0 saturated heterocycles. The molecule has 0 amide bonds. The minimum Gasteiger partial charge on any atom is -0.313 e. The predicted octanol–water partition coefficient (Wildman–Crippen LogP) is 2.09. The Balaban J connectivity index is 2.81. The second-order valence-corrected chi connectivity index (χ2v) is 6.74. The summed E-state index contributed by atoms with van der Waals surface area (Å²) in [5.41, 5.74) is -0.378. The summed E-state index contributed by atoms with van der Waals surface area (Å²) in [5.74, 6) is -1.51. The van der Waals surface area contributed by atoms with Crippen molar-refractivity contribution in [3.63, 3.8) is 0 Å². The fraction of sp³-hybridized carbons (Fsp3) is 0.500. The van der Waals surface area contributed by atoms with E-state index in [0.29, 0.717) is 0 Å². The molecule has 1 unspecified atom stereocenters. The van der Waals surface area contributed by atoms with Gasteiger partial charge < -0.3 is 5.32 Å². The maximum absolute atomic E-state index is 13.4. The molecule has 2 N–H and O–H groups in total. The molecule has 1 aromatic carbocycles. The van der Waals surface area contributed by atoms with Crippen molar-refractivity contribution in [1.29, 1.82) is 0 Å². The summed E-state index contributed by atoms with van der Waals surface area (Å²) < 4.78 is 52.3. The van der Waals surface area contributed by atoms with Gasteiger partial charge in [0.2, 0.25) is 10.0 Å². The Morgan fingerprint density at radius 2 is 1.84 bits per heavy atom. The van der Waals surface area contributed by atoms with E-state index in [1.807, 2.05) is 13.8 Å². The topological polar surface area (TPSA) is 58.2 Å². The van der Waals surface area contributed by atoms with E-state index in [1.54, 1.807) is 0 Å². The molecule has 0 aliphatic heterocycles. The molecule has 4 nitrogen and oxygen atoms in total. The van der Waals surface area contributed by atoms with Gasteiger partial charge in [0.15, 0.2) is 0 Å². The lowest BCUT2D eigenvalue weighted by Crippen LogP contribution is -2.37. The molecule has 1 atom stereocenters. The van der Waals surface area contributed by atoms with E-state index in [2.05, 4.69) is 10.0 Å². The summed E-state index contributed by atoms with van der Waals surface area (Å²) in [6.45, 7) is 5.50. The van der Waals surface area contributed by atoms with Gasteiger partial charge in [0.25, 0.3) is 0 Å². The second-order valence-electron chi connectivity index (χ2n) is 4.64. The highest BCUT2D eigenvalue weighted by molar-refractivity contribution is 7.93. The first-order valence-electron chi connectivity index (χ1n) is 5.92. The number of benzene rings is 1. The summed E-state index contributed by atoms with van der Waals surface area (Å²) >= 11 is 0. The Morgan fingerprint density at radius 3 is 2.42 bits per heavy atom. The van der Waals surface area contributed by atoms with E-state index in [-0.39, 0.29) is 18.3 Å². The molecule has 0 aliphatic carbocycles. The van der Waals surface area contributed by atoms with Crippen LogP contribution in [-0.2, 0) is 10.0 Å². The largest absolute Gasteiger partial charge is 0.313 e. The number of rotatable bonds is 6. The van der Waals surface area contributed by atoms with E-state index in [9.17, 15) is 17.2 Å². The molecule has 1 rings (SSSR count). The molecule has 0 spiro atoms. The predicted molar refractivity (Wildman–Crippen MR) is 71.5 cm³/mol. The van der Waals surface area contributed by atoms with E-state index < -0.39 is 26.9 Å². The molecule has 0 aromatic heterocycles. The fourth-order valence-electron chi connectivity index (χ4n) is 1.34. The Labute approximate surface area is 112 Å². The van der Waals surface area contributed by atoms with Gasteiger partial charge in [-0.1, -0.05) is 13.8 Å². The third-order valence-electron chi connectivity index (χ3n) is 2.52. The Bertz CT molecular complexity index is 533. The van der Waals surface area contributed by atoms with Crippen molar-refractivity contribution in [2.24, 2.45) is 0 Å². The Morgan fingerprint density at radius 1 is 1.21 bits per heavy atom. The number of hydrogen-bond donors (Lipinski definition) is 2. The molecule has 0 fully saturated rings. The first-order valence-corrected chi connectivity index (χ1v) is 7.47. The molecule has 0 aliphatic rings. The molecular weight excluding hydrogens is 274 g/mol. The van der Waals surface area contributed by atoms with Crippen LogP contribution in [0.5, 0.6) is 0 Å². The van der Waals surface area contributed by atoms with Crippen molar-refractivity contribution in [1.82, 2.24) is 5.32 Å². The third kappa shape index (κ3) is 4.76. The van der Waals surface area contributed by atoms with Gasteiger partial charge in [0, 0.05) is 18.7 Å². The van der Waals surface area contributed by atoms with Gasteiger partial charge in [0.05, 0.1) is 10.9 Å². The zero-order chi connectivity index (χ0) is 14.6. The highest BCUT2D eigenvalue weighted by Crippen LogP contribution is 2.18. The van der Waals surface area contributed by atoms with Crippen molar-refractivity contribution in [2.75, 3.05) is 11.3 Å². The van der Waals surface area contributed by atoms with Crippen molar-refractivity contribution in [3.05, 3.63) is 29.8 Å². The van der Waals surface area contributed by atoms with Crippen LogP contribution in [0.25, 0.3) is 0 Å². The van der Waals surface area contributed by atoms with Crippen molar-refractivity contribution in [3.8, 4) is 0 Å². The van der Waals surface area contributed by atoms with Crippen LogP contribution in [0.4, 0.5) is 14.5 Å². The maximum atomic E-state index is 13.4. The Hall–Kier alpha value is -1.21. The van der Waals surface area contributed by atoms with Crippen molar-refractivity contribution >= 4 is 15.7 Å². The van der Waals surface area contributed by atoms with Crippen LogP contribution in [0.2, 0.25) is 0 Å². The monoisotopic (exact) mass is 292 g/mol. The second kappa shape index (κ2) is 6.29. The molecule has 0 saturated carbocycles. The summed E-state index contributed by atoms with van der Waals surface area (Å²) in [4.78, 5) is 0. The summed E-state index contributed by atoms with van der Waals surface area (Å²) in [7, 11) is -3.77. The molecule has 0 heterocycles. The smallest absolute Gasteiger partial charge is 0.236 e. The molecular formula is C12H18F2N2O2S. The minimum atomic E-state index is -3.77. The summed E-state index contributed by atoms with van der Waals surface area (Å²) in [5, 5.41) is 2.21. The molecule has 108 valence electrons.